The van der Waals surface area contributed by atoms with Crippen LogP contribution in [0.5, 0.6) is 0 Å². The Morgan fingerprint density at radius 1 is 1.64 bits per heavy atom. The van der Waals surface area contributed by atoms with E-state index >= 15 is 0 Å². The van der Waals surface area contributed by atoms with E-state index in [-0.39, 0.29) is 5.91 Å². The Bertz CT molecular complexity index is 179. The van der Waals surface area contributed by atoms with E-state index in [4.69, 9.17) is 4.74 Å². The molecule has 0 aromatic rings. The molecule has 0 aromatic carbocycles. The van der Waals surface area contributed by atoms with Gasteiger partial charge < -0.3 is 15.4 Å². The second-order valence-corrected chi connectivity index (χ2v) is 3.83. The van der Waals surface area contributed by atoms with Gasteiger partial charge in [-0.15, -0.1) is 0 Å². The summed E-state index contributed by atoms with van der Waals surface area (Å²) in [7, 11) is 1.65. The highest BCUT2D eigenvalue weighted by atomic mass is 16.5. The molecule has 1 heterocycles. The van der Waals surface area contributed by atoms with Crippen molar-refractivity contribution in [2.45, 2.75) is 38.3 Å². The molecule has 0 aromatic heterocycles. The van der Waals surface area contributed by atoms with Crippen molar-refractivity contribution < 1.29 is 9.53 Å². The van der Waals surface area contributed by atoms with E-state index in [2.05, 4.69) is 17.6 Å². The van der Waals surface area contributed by atoms with Crippen LogP contribution in [0.4, 0.5) is 0 Å². The summed E-state index contributed by atoms with van der Waals surface area (Å²) in [6.07, 6.45) is 3.72. The number of hydrogen-bond acceptors (Lipinski definition) is 3. The van der Waals surface area contributed by atoms with Crippen LogP contribution in [0, 0.1) is 0 Å². The van der Waals surface area contributed by atoms with Crippen molar-refractivity contribution in [1.82, 2.24) is 10.6 Å². The van der Waals surface area contributed by atoms with Crippen LogP contribution in [-0.2, 0) is 9.53 Å². The van der Waals surface area contributed by atoms with Crippen molar-refractivity contribution in [2.75, 3.05) is 20.2 Å². The maximum atomic E-state index is 10.9. The minimum Gasteiger partial charge on any atom is -0.378 e. The lowest BCUT2D eigenvalue weighted by Gasteiger charge is -2.17. The van der Waals surface area contributed by atoms with Crippen LogP contribution < -0.4 is 10.6 Å². The first kappa shape index (κ1) is 11.5. The molecule has 1 saturated heterocycles. The molecule has 4 heteroatoms. The van der Waals surface area contributed by atoms with Crippen molar-refractivity contribution in [2.24, 2.45) is 0 Å². The summed E-state index contributed by atoms with van der Waals surface area (Å²) in [5.41, 5.74) is 0. The minimum absolute atomic E-state index is 0.0317. The zero-order valence-electron chi connectivity index (χ0n) is 9.01. The Labute approximate surface area is 85.4 Å². The van der Waals surface area contributed by atoms with Crippen LogP contribution in [0.15, 0.2) is 0 Å². The van der Waals surface area contributed by atoms with Gasteiger partial charge in [0.2, 0.25) is 5.91 Å². The Kier molecular flexibility index (Phi) is 4.90. The van der Waals surface area contributed by atoms with Crippen LogP contribution in [0.25, 0.3) is 0 Å². The van der Waals surface area contributed by atoms with Crippen molar-refractivity contribution in [1.29, 1.82) is 0 Å². The van der Waals surface area contributed by atoms with Gasteiger partial charge in [-0.3, -0.25) is 4.79 Å². The molecule has 4 nitrogen and oxygen atoms in total. The third kappa shape index (κ3) is 4.07. The SMILES string of the molecule is CNC(=O)CNC(C)CC1CCCO1. The number of ether oxygens (including phenoxy) is 1. The molecule has 2 unspecified atom stereocenters. The Balaban J connectivity index is 2.08. The van der Waals surface area contributed by atoms with E-state index in [1.807, 2.05) is 0 Å². The number of rotatable bonds is 5. The fourth-order valence-electron chi connectivity index (χ4n) is 1.66. The van der Waals surface area contributed by atoms with Gasteiger partial charge in [-0.2, -0.15) is 0 Å². The highest BCUT2D eigenvalue weighted by Crippen LogP contribution is 2.16. The molecule has 14 heavy (non-hydrogen) atoms. The summed E-state index contributed by atoms with van der Waals surface area (Å²) in [4.78, 5) is 10.9. The van der Waals surface area contributed by atoms with Gasteiger partial charge in [-0.1, -0.05) is 0 Å². The third-order valence-electron chi connectivity index (χ3n) is 2.53. The molecule has 1 fully saturated rings. The predicted molar refractivity (Wildman–Crippen MR) is 55.1 cm³/mol. The van der Waals surface area contributed by atoms with Gasteiger partial charge >= 0.3 is 0 Å². The minimum atomic E-state index is 0.0317. The topological polar surface area (TPSA) is 50.4 Å². The summed E-state index contributed by atoms with van der Waals surface area (Å²) in [6.45, 7) is 3.38. The number of hydrogen-bond donors (Lipinski definition) is 2. The first-order valence-electron chi connectivity index (χ1n) is 5.28. The predicted octanol–water partition coefficient (Wildman–Crippen LogP) is 0.280. The molecule has 0 spiro atoms. The van der Waals surface area contributed by atoms with Crippen LogP contribution in [0.3, 0.4) is 0 Å². The van der Waals surface area contributed by atoms with Gasteiger partial charge in [0.1, 0.15) is 0 Å². The molecule has 0 saturated carbocycles. The largest absolute Gasteiger partial charge is 0.378 e. The normalized spacial score (nSPS) is 23.4. The van der Waals surface area contributed by atoms with Crippen molar-refractivity contribution in [3.63, 3.8) is 0 Å². The maximum absolute atomic E-state index is 10.9. The van der Waals surface area contributed by atoms with Gasteiger partial charge in [0.05, 0.1) is 12.6 Å². The van der Waals surface area contributed by atoms with E-state index in [1.54, 1.807) is 7.05 Å². The van der Waals surface area contributed by atoms with Gasteiger partial charge in [0.15, 0.2) is 0 Å². The zero-order valence-corrected chi connectivity index (χ0v) is 9.01. The van der Waals surface area contributed by atoms with E-state index < -0.39 is 0 Å². The van der Waals surface area contributed by atoms with E-state index in [9.17, 15) is 4.79 Å². The van der Waals surface area contributed by atoms with E-state index in [0.717, 1.165) is 19.4 Å². The monoisotopic (exact) mass is 200 g/mol. The quantitative estimate of drug-likeness (QED) is 0.670. The standard InChI is InChI=1S/C10H20N2O2/c1-8(12-7-10(13)11-2)6-9-4-3-5-14-9/h8-9,12H,3-7H2,1-2H3,(H,11,13). The molecule has 2 atom stereocenters. The lowest BCUT2D eigenvalue weighted by atomic mass is 10.1. The van der Waals surface area contributed by atoms with Crippen LogP contribution >= 0.6 is 0 Å². The summed E-state index contributed by atoms with van der Waals surface area (Å²) >= 11 is 0. The molecular formula is C10H20N2O2. The van der Waals surface area contributed by atoms with Gasteiger partial charge in [0, 0.05) is 19.7 Å². The highest BCUT2D eigenvalue weighted by Gasteiger charge is 2.18. The number of carbonyl (C=O) groups is 1. The number of likely N-dealkylation sites (N-methyl/N-ethyl adjacent to an activating group) is 1. The Morgan fingerprint density at radius 3 is 3.00 bits per heavy atom. The molecule has 2 N–H and O–H groups in total. The summed E-state index contributed by atoms with van der Waals surface area (Å²) in [5.74, 6) is 0.0317. The lowest BCUT2D eigenvalue weighted by Crippen LogP contribution is -2.38. The lowest BCUT2D eigenvalue weighted by molar-refractivity contribution is -0.119. The Hall–Kier alpha value is -0.610. The van der Waals surface area contributed by atoms with Crippen molar-refractivity contribution in [3.05, 3.63) is 0 Å². The molecule has 1 aliphatic rings. The van der Waals surface area contributed by atoms with E-state index in [1.165, 1.54) is 6.42 Å². The average Bonchev–Trinajstić information content (AvgIpc) is 2.66. The number of carbonyl (C=O) groups excluding carboxylic acids is 1. The first-order valence-corrected chi connectivity index (χ1v) is 5.28. The van der Waals surface area contributed by atoms with Crippen LogP contribution in [0.2, 0.25) is 0 Å². The molecule has 1 rings (SSSR count). The summed E-state index contributed by atoms with van der Waals surface area (Å²) in [5, 5.41) is 5.75. The average molecular weight is 200 g/mol. The number of amides is 1. The van der Waals surface area contributed by atoms with Crippen LogP contribution in [0.1, 0.15) is 26.2 Å². The molecule has 82 valence electrons. The number of nitrogens with one attached hydrogen (secondary N) is 2. The Morgan fingerprint density at radius 2 is 2.43 bits per heavy atom. The van der Waals surface area contributed by atoms with Crippen LogP contribution in [-0.4, -0.2) is 38.3 Å². The fraction of sp³-hybridized carbons (Fsp3) is 0.900. The second kappa shape index (κ2) is 5.98. The third-order valence-corrected chi connectivity index (χ3v) is 2.53. The molecule has 1 aliphatic heterocycles. The second-order valence-electron chi connectivity index (χ2n) is 3.83. The van der Waals surface area contributed by atoms with Gasteiger partial charge in [0.25, 0.3) is 0 Å². The highest BCUT2D eigenvalue weighted by molar-refractivity contribution is 5.77. The molecule has 0 radical (unpaired) electrons. The summed E-state index contributed by atoms with van der Waals surface area (Å²) in [6, 6.07) is 0.343. The smallest absolute Gasteiger partial charge is 0.233 e. The van der Waals surface area contributed by atoms with E-state index in [0.29, 0.717) is 18.7 Å². The van der Waals surface area contributed by atoms with Gasteiger partial charge in [-0.05, 0) is 26.2 Å². The fourth-order valence-corrected chi connectivity index (χ4v) is 1.66. The zero-order chi connectivity index (χ0) is 10.4. The molecular weight excluding hydrogens is 180 g/mol. The van der Waals surface area contributed by atoms with Crippen molar-refractivity contribution >= 4 is 5.91 Å². The molecule has 0 aliphatic carbocycles. The first-order chi connectivity index (χ1) is 6.72. The van der Waals surface area contributed by atoms with Crippen molar-refractivity contribution in [3.8, 4) is 0 Å². The summed E-state index contributed by atoms with van der Waals surface area (Å²) < 4.78 is 5.52. The molecule has 1 amide bonds. The van der Waals surface area contributed by atoms with Gasteiger partial charge in [-0.25, -0.2) is 0 Å². The molecule has 0 bridgehead atoms. The maximum Gasteiger partial charge on any atom is 0.233 e.